The van der Waals surface area contributed by atoms with Crippen LogP contribution in [0, 0.1) is 33.3 Å². The van der Waals surface area contributed by atoms with Crippen LogP contribution in [0.1, 0.15) is 46.0 Å². The van der Waals surface area contributed by atoms with Crippen molar-refractivity contribution in [2.24, 2.45) is 23.2 Å². The van der Waals surface area contributed by atoms with Gasteiger partial charge in [-0.25, -0.2) is 0 Å². The van der Waals surface area contributed by atoms with Crippen molar-refractivity contribution in [3.8, 4) is 0 Å². The topological polar surface area (TPSA) is 72.6 Å². The standard InChI is InChI=1S/C13H23NO4/c1-9(8-18-14(16)17)10-5-6-11-12(15)4-3-7-13(10,11)2/h9-12,15H,3-8H2,1-2H3/t9-,10?,11-,12?,13+/m0/s1. The minimum Gasteiger partial charge on any atom is -0.393 e. The first-order chi connectivity index (χ1) is 8.45. The molecular weight excluding hydrogens is 234 g/mol. The van der Waals surface area contributed by atoms with Crippen LogP contribution in [0.4, 0.5) is 0 Å². The van der Waals surface area contributed by atoms with E-state index in [9.17, 15) is 15.2 Å². The second kappa shape index (κ2) is 5.03. The van der Waals surface area contributed by atoms with Crippen LogP contribution in [0.5, 0.6) is 0 Å². The molecule has 2 aliphatic carbocycles. The quantitative estimate of drug-likeness (QED) is 0.620. The zero-order valence-electron chi connectivity index (χ0n) is 11.2. The SMILES string of the molecule is C[C@@H](CO[N+](=O)[O-])C1CC[C@H]2C(O)CCC[C@]12C. The van der Waals surface area contributed by atoms with E-state index in [2.05, 4.69) is 11.8 Å². The van der Waals surface area contributed by atoms with Gasteiger partial charge in [0.1, 0.15) is 0 Å². The molecule has 0 aromatic rings. The molecule has 5 nitrogen and oxygen atoms in total. The predicted molar refractivity (Wildman–Crippen MR) is 66.3 cm³/mol. The van der Waals surface area contributed by atoms with Gasteiger partial charge in [-0.15, -0.1) is 10.1 Å². The summed E-state index contributed by atoms with van der Waals surface area (Å²) in [6.45, 7) is 4.46. The molecule has 1 N–H and O–H groups in total. The highest BCUT2D eigenvalue weighted by Gasteiger charge is 2.52. The van der Waals surface area contributed by atoms with E-state index in [0.717, 1.165) is 32.1 Å². The molecule has 0 aliphatic heterocycles. The Kier molecular flexibility index (Phi) is 3.80. The molecule has 0 heterocycles. The lowest BCUT2D eigenvalue weighted by Crippen LogP contribution is -2.42. The van der Waals surface area contributed by atoms with Crippen molar-refractivity contribution >= 4 is 0 Å². The average Bonchev–Trinajstić information content (AvgIpc) is 2.64. The lowest BCUT2D eigenvalue weighted by Gasteiger charge is -2.45. The highest BCUT2D eigenvalue weighted by Crippen LogP contribution is 2.57. The normalized spacial score (nSPS) is 41.2. The highest BCUT2D eigenvalue weighted by atomic mass is 16.9. The fourth-order valence-corrected chi connectivity index (χ4v) is 4.42. The molecule has 0 aromatic carbocycles. The monoisotopic (exact) mass is 257 g/mol. The summed E-state index contributed by atoms with van der Waals surface area (Å²) in [5, 5.41) is 19.7. The van der Waals surface area contributed by atoms with E-state index < -0.39 is 5.09 Å². The fourth-order valence-electron chi connectivity index (χ4n) is 4.42. The van der Waals surface area contributed by atoms with Crippen LogP contribution in [0.2, 0.25) is 0 Å². The van der Waals surface area contributed by atoms with Gasteiger partial charge in [0.2, 0.25) is 0 Å². The van der Waals surface area contributed by atoms with Crippen LogP contribution < -0.4 is 0 Å². The molecule has 0 radical (unpaired) electrons. The summed E-state index contributed by atoms with van der Waals surface area (Å²) in [4.78, 5) is 14.8. The Morgan fingerprint density at radius 3 is 2.89 bits per heavy atom. The number of hydrogen-bond donors (Lipinski definition) is 1. The third-order valence-electron chi connectivity index (χ3n) is 5.29. The first kappa shape index (κ1) is 13.6. The Bertz CT molecular complexity index is 322. The maximum Gasteiger partial charge on any atom is 0.294 e. The van der Waals surface area contributed by atoms with Crippen molar-refractivity contribution < 1.29 is 15.0 Å². The fraction of sp³-hybridized carbons (Fsp3) is 1.00. The van der Waals surface area contributed by atoms with Gasteiger partial charge in [-0.3, -0.25) is 0 Å². The number of aliphatic hydroxyl groups is 1. The van der Waals surface area contributed by atoms with Crippen molar-refractivity contribution in [2.45, 2.75) is 52.1 Å². The summed E-state index contributed by atoms with van der Waals surface area (Å²) in [6.07, 6.45) is 5.02. The van der Waals surface area contributed by atoms with Crippen molar-refractivity contribution in [3.05, 3.63) is 10.1 Å². The molecule has 0 spiro atoms. The minimum atomic E-state index is -0.707. The number of aliphatic hydroxyl groups excluding tert-OH is 1. The van der Waals surface area contributed by atoms with E-state index in [0.29, 0.717) is 11.8 Å². The molecular formula is C13H23NO4. The smallest absolute Gasteiger partial charge is 0.294 e. The molecule has 2 aliphatic rings. The molecule has 5 atom stereocenters. The van der Waals surface area contributed by atoms with Gasteiger partial charge in [0, 0.05) is 0 Å². The Balaban J connectivity index is 2.03. The number of fused-ring (bicyclic) bond motifs is 1. The van der Waals surface area contributed by atoms with E-state index in [1.54, 1.807) is 0 Å². The third-order valence-corrected chi connectivity index (χ3v) is 5.29. The maximum absolute atomic E-state index is 10.3. The lowest BCUT2D eigenvalue weighted by atomic mass is 9.62. The van der Waals surface area contributed by atoms with Gasteiger partial charge in [-0.2, -0.15) is 0 Å². The van der Waals surface area contributed by atoms with Crippen LogP contribution in [0.3, 0.4) is 0 Å². The summed E-state index contributed by atoms with van der Waals surface area (Å²) in [5.41, 5.74) is 0.136. The van der Waals surface area contributed by atoms with Crippen LogP contribution in [-0.2, 0) is 4.84 Å². The highest BCUT2D eigenvalue weighted by molar-refractivity contribution is 5.01. The number of hydrogen-bond acceptors (Lipinski definition) is 4. The Morgan fingerprint density at radius 1 is 1.50 bits per heavy atom. The van der Waals surface area contributed by atoms with E-state index in [1.165, 1.54) is 0 Å². The van der Waals surface area contributed by atoms with E-state index >= 15 is 0 Å². The lowest BCUT2D eigenvalue weighted by molar-refractivity contribution is -0.759. The Morgan fingerprint density at radius 2 is 2.22 bits per heavy atom. The molecule has 0 amide bonds. The van der Waals surface area contributed by atoms with Gasteiger partial charge in [0.25, 0.3) is 5.09 Å². The minimum absolute atomic E-state index is 0.136. The molecule has 5 heteroatoms. The largest absolute Gasteiger partial charge is 0.393 e. The molecule has 0 bridgehead atoms. The number of rotatable bonds is 4. The molecule has 0 saturated heterocycles. The average molecular weight is 257 g/mol. The van der Waals surface area contributed by atoms with Crippen molar-refractivity contribution in [3.63, 3.8) is 0 Å². The molecule has 2 rings (SSSR count). The molecule has 2 unspecified atom stereocenters. The Labute approximate surface area is 108 Å². The van der Waals surface area contributed by atoms with E-state index in [-0.39, 0.29) is 24.0 Å². The Hall–Kier alpha value is -0.840. The first-order valence-electron chi connectivity index (χ1n) is 6.90. The summed E-state index contributed by atoms with van der Waals surface area (Å²) >= 11 is 0. The van der Waals surface area contributed by atoms with Gasteiger partial charge in [-0.05, 0) is 48.9 Å². The zero-order valence-corrected chi connectivity index (χ0v) is 11.2. The summed E-state index contributed by atoms with van der Waals surface area (Å²) in [5.74, 6) is 0.974. The molecule has 104 valence electrons. The predicted octanol–water partition coefficient (Wildman–Crippen LogP) is 2.41. The van der Waals surface area contributed by atoms with Crippen LogP contribution >= 0.6 is 0 Å². The second-order valence-electron chi connectivity index (χ2n) is 6.25. The summed E-state index contributed by atoms with van der Waals surface area (Å²) in [6, 6.07) is 0. The zero-order chi connectivity index (χ0) is 13.3. The first-order valence-corrected chi connectivity index (χ1v) is 6.90. The molecule has 2 saturated carbocycles. The molecule has 18 heavy (non-hydrogen) atoms. The van der Waals surface area contributed by atoms with Gasteiger partial charge >= 0.3 is 0 Å². The summed E-state index contributed by atoms with van der Waals surface area (Å²) < 4.78 is 0. The van der Waals surface area contributed by atoms with Crippen LogP contribution in [-0.4, -0.2) is 22.9 Å². The number of nitrogens with zero attached hydrogens (tertiary/aromatic N) is 1. The van der Waals surface area contributed by atoms with E-state index in [4.69, 9.17) is 0 Å². The van der Waals surface area contributed by atoms with Gasteiger partial charge in [0.05, 0.1) is 12.7 Å². The third kappa shape index (κ3) is 2.32. The van der Waals surface area contributed by atoms with Gasteiger partial charge < -0.3 is 9.94 Å². The van der Waals surface area contributed by atoms with Crippen LogP contribution in [0.25, 0.3) is 0 Å². The van der Waals surface area contributed by atoms with Crippen LogP contribution in [0.15, 0.2) is 0 Å². The second-order valence-corrected chi connectivity index (χ2v) is 6.25. The molecule has 2 fully saturated rings. The van der Waals surface area contributed by atoms with Crippen molar-refractivity contribution in [1.82, 2.24) is 0 Å². The van der Waals surface area contributed by atoms with Gasteiger partial charge in [-0.1, -0.05) is 20.3 Å². The molecule has 0 aromatic heterocycles. The summed E-state index contributed by atoms with van der Waals surface area (Å²) in [7, 11) is 0. The maximum atomic E-state index is 10.3. The van der Waals surface area contributed by atoms with Gasteiger partial charge in [0.15, 0.2) is 0 Å². The van der Waals surface area contributed by atoms with Crippen molar-refractivity contribution in [2.75, 3.05) is 6.61 Å². The van der Waals surface area contributed by atoms with E-state index in [1.807, 2.05) is 6.92 Å². The van der Waals surface area contributed by atoms with Crippen molar-refractivity contribution in [1.29, 1.82) is 0 Å².